The molecule has 1 aromatic rings. The topological polar surface area (TPSA) is 58.4 Å². The van der Waals surface area contributed by atoms with Crippen LogP contribution in [0.5, 0.6) is 0 Å². The number of hydrogen-bond donors (Lipinski definition) is 1. The van der Waals surface area contributed by atoms with Crippen LogP contribution in [0.25, 0.3) is 0 Å². The summed E-state index contributed by atoms with van der Waals surface area (Å²) in [6.45, 7) is 3.48. The van der Waals surface area contributed by atoms with Crippen LogP contribution in [0, 0.1) is 10.1 Å². The molecule has 1 fully saturated rings. The molecule has 1 saturated heterocycles. The van der Waals surface area contributed by atoms with Gasteiger partial charge in [-0.15, -0.1) is 0 Å². The summed E-state index contributed by atoms with van der Waals surface area (Å²) in [6, 6.07) is 1.83. The maximum atomic E-state index is 10.7. The van der Waals surface area contributed by atoms with Gasteiger partial charge in [0.05, 0.1) is 4.92 Å². The van der Waals surface area contributed by atoms with Crippen molar-refractivity contribution in [1.29, 1.82) is 0 Å². The lowest BCUT2D eigenvalue weighted by molar-refractivity contribution is -0.379. The zero-order valence-electron chi connectivity index (χ0n) is 7.60. The number of anilines is 1. The van der Waals surface area contributed by atoms with Gasteiger partial charge in [0.25, 0.3) is 0 Å². The summed E-state index contributed by atoms with van der Waals surface area (Å²) >= 11 is 1.19. The predicted octanol–water partition coefficient (Wildman–Crippen LogP) is 1.07. The van der Waals surface area contributed by atoms with E-state index >= 15 is 0 Å². The Balaban J connectivity index is 2.21. The second-order valence-corrected chi connectivity index (χ2v) is 4.00. The number of nitrogens with one attached hydrogen (secondary N) is 1. The normalized spacial score (nSPS) is 17.0. The van der Waals surface area contributed by atoms with Crippen molar-refractivity contribution < 1.29 is 4.92 Å². The lowest BCUT2D eigenvalue weighted by Gasteiger charge is -2.27. The molecule has 0 atom stereocenters. The molecule has 1 aliphatic rings. The van der Waals surface area contributed by atoms with Gasteiger partial charge in [-0.2, -0.15) is 0 Å². The molecule has 0 unspecified atom stereocenters. The average Bonchev–Trinajstić information content (AvgIpc) is 2.67. The van der Waals surface area contributed by atoms with Gasteiger partial charge < -0.3 is 10.2 Å². The molecule has 0 saturated carbocycles. The molecule has 6 heteroatoms. The molecular weight excluding hydrogens is 202 g/mol. The highest BCUT2D eigenvalue weighted by Crippen LogP contribution is 2.33. The van der Waals surface area contributed by atoms with E-state index in [2.05, 4.69) is 10.2 Å². The van der Waals surface area contributed by atoms with Gasteiger partial charge in [-0.25, -0.2) is 0 Å². The molecule has 1 N–H and O–H groups in total. The monoisotopic (exact) mass is 213 g/mol. The van der Waals surface area contributed by atoms with Crippen LogP contribution in [0.15, 0.2) is 11.4 Å². The minimum absolute atomic E-state index is 0.256. The molecule has 0 spiro atoms. The van der Waals surface area contributed by atoms with Crippen LogP contribution in [0.4, 0.5) is 10.7 Å². The Morgan fingerprint density at radius 3 is 2.86 bits per heavy atom. The summed E-state index contributed by atoms with van der Waals surface area (Å²) in [5, 5.41) is 15.9. The zero-order chi connectivity index (χ0) is 9.97. The quantitative estimate of drug-likeness (QED) is 0.589. The summed E-state index contributed by atoms with van der Waals surface area (Å²) in [7, 11) is 0. The van der Waals surface area contributed by atoms with Crippen LogP contribution in [0.1, 0.15) is 0 Å². The third-order valence-corrected chi connectivity index (χ3v) is 3.10. The van der Waals surface area contributed by atoms with Crippen LogP contribution in [-0.4, -0.2) is 31.1 Å². The number of rotatable bonds is 2. The smallest absolute Gasteiger partial charge is 0.347 e. The highest BCUT2D eigenvalue weighted by atomic mass is 32.1. The number of nitro groups is 1. The van der Waals surface area contributed by atoms with E-state index in [1.54, 1.807) is 5.38 Å². The van der Waals surface area contributed by atoms with Gasteiger partial charge >= 0.3 is 5.00 Å². The van der Waals surface area contributed by atoms with E-state index in [-0.39, 0.29) is 9.92 Å². The van der Waals surface area contributed by atoms with Gasteiger partial charge in [-0.1, -0.05) is 11.3 Å². The Bertz CT molecular complexity index is 333. The highest BCUT2D eigenvalue weighted by Gasteiger charge is 2.21. The molecule has 2 heterocycles. The van der Waals surface area contributed by atoms with Crippen molar-refractivity contribution in [1.82, 2.24) is 5.32 Å². The molecule has 0 bridgehead atoms. The number of hydrogen-bond acceptors (Lipinski definition) is 5. The lowest BCUT2D eigenvalue weighted by Crippen LogP contribution is -2.43. The molecular formula is C8H11N3O2S. The Morgan fingerprint density at radius 1 is 1.50 bits per heavy atom. The minimum Gasteiger partial charge on any atom is -0.363 e. The zero-order valence-corrected chi connectivity index (χ0v) is 8.42. The van der Waals surface area contributed by atoms with Crippen LogP contribution in [-0.2, 0) is 0 Å². The van der Waals surface area contributed by atoms with Crippen molar-refractivity contribution in [2.24, 2.45) is 0 Å². The van der Waals surface area contributed by atoms with Crippen molar-refractivity contribution in [3.8, 4) is 0 Å². The highest BCUT2D eigenvalue weighted by molar-refractivity contribution is 7.14. The van der Waals surface area contributed by atoms with E-state index < -0.39 is 0 Å². The summed E-state index contributed by atoms with van der Waals surface area (Å²) in [5.41, 5.74) is 0.765. The SMILES string of the molecule is O=[N+]([O-])c1sccc1N1CCNCC1. The third-order valence-electron chi connectivity index (χ3n) is 2.25. The standard InChI is InChI=1S/C8H11N3O2S/c12-11(13)8-7(1-6-14-8)10-4-2-9-3-5-10/h1,6,9H,2-5H2. The van der Waals surface area contributed by atoms with Gasteiger partial charge in [-0.3, -0.25) is 10.1 Å². The Morgan fingerprint density at radius 2 is 2.21 bits per heavy atom. The van der Waals surface area contributed by atoms with Crippen molar-refractivity contribution in [2.45, 2.75) is 0 Å². The Labute approximate surface area is 85.5 Å². The number of thiophene rings is 1. The number of piperazine rings is 1. The molecule has 1 aliphatic heterocycles. The van der Waals surface area contributed by atoms with Crippen LogP contribution < -0.4 is 10.2 Å². The predicted molar refractivity (Wildman–Crippen MR) is 56.1 cm³/mol. The van der Waals surface area contributed by atoms with Gasteiger partial charge in [0.15, 0.2) is 0 Å². The first-order valence-electron chi connectivity index (χ1n) is 4.46. The molecule has 0 amide bonds. The summed E-state index contributed by atoms with van der Waals surface area (Å²) in [4.78, 5) is 12.5. The van der Waals surface area contributed by atoms with E-state index in [1.165, 1.54) is 11.3 Å². The molecule has 14 heavy (non-hydrogen) atoms. The second kappa shape index (κ2) is 3.93. The van der Waals surface area contributed by atoms with E-state index in [0.717, 1.165) is 31.9 Å². The fraction of sp³-hybridized carbons (Fsp3) is 0.500. The van der Waals surface area contributed by atoms with Crippen molar-refractivity contribution >= 4 is 22.0 Å². The first kappa shape index (κ1) is 9.42. The molecule has 76 valence electrons. The van der Waals surface area contributed by atoms with E-state index in [1.807, 2.05) is 6.07 Å². The molecule has 0 aliphatic carbocycles. The van der Waals surface area contributed by atoms with Crippen molar-refractivity contribution in [3.05, 3.63) is 21.6 Å². The minimum atomic E-state index is -0.304. The van der Waals surface area contributed by atoms with E-state index in [4.69, 9.17) is 0 Å². The average molecular weight is 213 g/mol. The van der Waals surface area contributed by atoms with Crippen LogP contribution in [0.3, 0.4) is 0 Å². The molecule has 1 aromatic heterocycles. The van der Waals surface area contributed by atoms with Gasteiger partial charge in [0.1, 0.15) is 5.69 Å². The summed E-state index contributed by atoms with van der Waals surface area (Å²) in [6.07, 6.45) is 0. The second-order valence-electron chi connectivity index (χ2n) is 3.11. The fourth-order valence-corrected chi connectivity index (χ4v) is 2.31. The third kappa shape index (κ3) is 1.71. The lowest BCUT2D eigenvalue weighted by atomic mass is 10.3. The molecule has 5 nitrogen and oxygen atoms in total. The summed E-state index contributed by atoms with van der Waals surface area (Å²) in [5.74, 6) is 0. The Kier molecular flexibility index (Phi) is 2.64. The molecule has 0 aromatic carbocycles. The van der Waals surface area contributed by atoms with Crippen molar-refractivity contribution in [3.63, 3.8) is 0 Å². The number of nitrogens with zero attached hydrogens (tertiary/aromatic N) is 2. The van der Waals surface area contributed by atoms with Gasteiger partial charge in [0.2, 0.25) is 0 Å². The van der Waals surface area contributed by atoms with Crippen molar-refractivity contribution in [2.75, 3.05) is 31.1 Å². The van der Waals surface area contributed by atoms with E-state index in [0.29, 0.717) is 0 Å². The maximum Gasteiger partial charge on any atom is 0.347 e. The summed E-state index contributed by atoms with van der Waals surface area (Å²) < 4.78 is 0. The van der Waals surface area contributed by atoms with Crippen LogP contribution in [0.2, 0.25) is 0 Å². The fourth-order valence-electron chi connectivity index (χ4n) is 1.58. The van der Waals surface area contributed by atoms with Gasteiger partial charge in [0, 0.05) is 26.2 Å². The first-order valence-corrected chi connectivity index (χ1v) is 5.34. The Hall–Kier alpha value is -1.14. The largest absolute Gasteiger partial charge is 0.363 e. The van der Waals surface area contributed by atoms with Crippen LogP contribution >= 0.6 is 11.3 Å². The van der Waals surface area contributed by atoms with E-state index in [9.17, 15) is 10.1 Å². The molecule has 2 rings (SSSR count). The first-order chi connectivity index (χ1) is 6.79. The maximum absolute atomic E-state index is 10.7. The van der Waals surface area contributed by atoms with Gasteiger partial charge in [-0.05, 0) is 11.4 Å². The molecule has 0 radical (unpaired) electrons.